The number of hydrogen-bond acceptors (Lipinski definition) is 3. The fraction of sp³-hybridized carbons (Fsp3) is 0.889. The van der Waals surface area contributed by atoms with Gasteiger partial charge in [-0.3, -0.25) is 4.79 Å². The largest absolute Gasteiger partial charge is 0.391 e. The van der Waals surface area contributed by atoms with Crippen LogP contribution in [0, 0.1) is 5.41 Å². The zero-order chi connectivity index (χ0) is 10.1. The van der Waals surface area contributed by atoms with Crippen LogP contribution in [0.25, 0.3) is 0 Å². The van der Waals surface area contributed by atoms with E-state index >= 15 is 0 Å². The lowest BCUT2D eigenvalue weighted by atomic mass is 9.93. The first-order valence-corrected chi connectivity index (χ1v) is 4.60. The van der Waals surface area contributed by atoms with E-state index in [1.54, 1.807) is 4.90 Å². The van der Waals surface area contributed by atoms with Crippen molar-refractivity contribution >= 4 is 5.91 Å². The van der Waals surface area contributed by atoms with E-state index in [0.29, 0.717) is 19.6 Å². The number of aliphatic hydroxyl groups is 1. The Kier molecular flexibility index (Phi) is 2.93. The summed E-state index contributed by atoms with van der Waals surface area (Å²) in [7, 11) is 0. The van der Waals surface area contributed by atoms with Crippen molar-refractivity contribution in [3.63, 3.8) is 0 Å². The molecule has 1 fully saturated rings. The number of rotatable bonds is 3. The highest BCUT2D eigenvalue weighted by atomic mass is 16.3. The summed E-state index contributed by atoms with van der Waals surface area (Å²) in [5, 5.41) is 9.25. The van der Waals surface area contributed by atoms with Crippen LogP contribution in [0.1, 0.15) is 20.3 Å². The minimum Gasteiger partial charge on any atom is -0.391 e. The van der Waals surface area contributed by atoms with E-state index in [0.717, 1.165) is 0 Å². The summed E-state index contributed by atoms with van der Waals surface area (Å²) in [5.74, 6) is 0.0361. The summed E-state index contributed by atoms with van der Waals surface area (Å²) >= 11 is 0. The number of aliphatic hydroxyl groups excluding tert-OH is 1. The molecule has 0 radical (unpaired) electrons. The van der Waals surface area contributed by atoms with Gasteiger partial charge in [-0.25, -0.2) is 0 Å². The Hall–Kier alpha value is -0.610. The summed E-state index contributed by atoms with van der Waals surface area (Å²) in [6.45, 7) is 5.69. The van der Waals surface area contributed by atoms with Crippen LogP contribution >= 0.6 is 0 Å². The molecule has 0 saturated carbocycles. The maximum absolute atomic E-state index is 11.3. The van der Waals surface area contributed by atoms with Crippen LogP contribution in [0.2, 0.25) is 0 Å². The minimum atomic E-state index is -0.485. The van der Waals surface area contributed by atoms with Gasteiger partial charge in [-0.1, -0.05) is 13.8 Å². The van der Waals surface area contributed by atoms with Crippen molar-refractivity contribution < 1.29 is 9.90 Å². The third kappa shape index (κ3) is 2.67. The van der Waals surface area contributed by atoms with Crippen LogP contribution < -0.4 is 5.73 Å². The normalized spacial score (nSPS) is 24.2. The highest BCUT2D eigenvalue weighted by molar-refractivity contribution is 5.79. The van der Waals surface area contributed by atoms with Gasteiger partial charge >= 0.3 is 0 Å². The monoisotopic (exact) mass is 186 g/mol. The van der Waals surface area contributed by atoms with Gasteiger partial charge in [-0.2, -0.15) is 0 Å². The Morgan fingerprint density at radius 3 is 2.69 bits per heavy atom. The molecule has 0 aromatic heterocycles. The van der Waals surface area contributed by atoms with Crippen molar-refractivity contribution in [2.24, 2.45) is 11.1 Å². The Labute approximate surface area is 78.7 Å². The quantitative estimate of drug-likeness (QED) is 0.628. The Morgan fingerprint density at radius 2 is 2.31 bits per heavy atom. The van der Waals surface area contributed by atoms with Gasteiger partial charge in [-0.05, 0) is 12.0 Å². The van der Waals surface area contributed by atoms with Crippen molar-refractivity contribution in [1.82, 2.24) is 4.90 Å². The topological polar surface area (TPSA) is 66.6 Å². The van der Waals surface area contributed by atoms with E-state index in [1.807, 2.05) is 13.8 Å². The maximum atomic E-state index is 11.3. The molecule has 0 aliphatic carbocycles. The molecule has 0 aromatic rings. The molecule has 0 spiro atoms. The Morgan fingerprint density at radius 1 is 1.69 bits per heavy atom. The highest BCUT2D eigenvalue weighted by Gasteiger charge is 2.31. The highest BCUT2D eigenvalue weighted by Crippen LogP contribution is 2.19. The van der Waals surface area contributed by atoms with Crippen LogP contribution in [0.5, 0.6) is 0 Å². The van der Waals surface area contributed by atoms with E-state index in [-0.39, 0.29) is 17.7 Å². The van der Waals surface area contributed by atoms with E-state index in [1.165, 1.54) is 0 Å². The molecule has 13 heavy (non-hydrogen) atoms. The first-order chi connectivity index (χ1) is 5.94. The molecule has 4 nitrogen and oxygen atoms in total. The molecule has 1 heterocycles. The third-order valence-electron chi connectivity index (χ3n) is 2.37. The molecule has 1 rings (SSSR count). The first kappa shape index (κ1) is 10.5. The average molecular weight is 186 g/mol. The van der Waals surface area contributed by atoms with E-state index in [2.05, 4.69) is 0 Å². The summed E-state index contributed by atoms with van der Waals surface area (Å²) < 4.78 is 0. The molecule has 1 aliphatic rings. The fourth-order valence-corrected chi connectivity index (χ4v) is 1.49. The van der Waals surface area contributed by atoms with Crippen molar-refractivity contribution in [3.05, 3.63) is 0 Å². The molecule has 76 valence electrons. The number of carbonyl (C=O) groups is 1. The number of carbonyl (C=O) groups excluding carboxylic acids is 1. The molecular formula is C9H18N2O2. The minimum absolute atomic E-state index is 0.0361. The number of hydrogen-bond donors (Lipinski definition) is 2. The van der Waals surface area contributed by atoms with E-state index in [9.17, 15) is 9.90 Å². The average Bonchev–Trinajstić information content (AvgIpc) is 2.30. The standard InChI is InChI=1S/C9H18N2O2/c1-9(2,5-10)6-11-4-7(12)3-8(11)13/h7,12H,3-6,10H2,1-2H3. The number of nitrogens with zero attached hydrogens (tertiary/aromatic N) is 1. The van der Waals surface area contributed by atoms with Gasteiger partial charge in [0, 0.05) is 13.1 Å². The van der Waals surface area contributed by atoms with Gasteiger partial charge in [0.05, 0.1) is 12.5 Å². The summed E-state index contributed by atoms with van der Waals surface area (Å²) in [5.41, 5.74) is 5.51. The number of β-amino-alcohol motifs (C(OH)–C–C–N with tert-alkyl or cyclic N) is 1. The SMILES string of the molecule is CC(C)(CN)CN1CC(O)CC1=O. The van der Waals surface area contributed by atoms with Crippen molar-refractivity contribution in [2.75, 3.05) is 19.6 Å². The second-order valence-corrected chi connectivity index (χ2v) is 4.50. The van der Waals surface area contributed by atoms with Crippen molar-refractivity contribution in [2.45, 2.75) is 26.4 Å². The molecule has 0 bridgehead atoms. The molecule has 1 aliphatic heterocycles. The predicted octanol–water partition coefficient (Wildman–Crippen LogP) is -0.435. The van der Waals surface area contributed by atoms with Gasteiger partial charge in [0.25, 0.3) is 0 Å². The van der Waals surface area contributed by atoms with Crippen LogP contribution in [0.3, 0.4) is 0 Å². The van der Waals surface area contributed by atoms with Crippen LogP contribution in [0.4, 0.5) is 0 Å². The zero-order valence-electron chi connectivity index (χ0n) is 8.29. The predicted molar refractivity (Wildman–Crippen MR) is 50.0 cm³/mol. The first-order valence-electron chi connectivity index (χ1n) is 4.60. The molecule has 1 amide bonds. The molecule has 3 N–H and O–H groups in total. The number of nitrogens with two attached hydrogens (primary N) is 1. The second kappa shape index (κ2) is 3.64. The lowest BCUT2D eigenvalue weighted by Gasteiger charge is -2.28. The number of amides is 1. The summed E-state index contributed by atoms with van der Waals surface area (Å²) in [6.07, 6.45) is -0.221. The Balaban J connectivity index is 2.50. The Bertz CT molecular complexity index is 204. The van der Waals surface area contributed by atoms with Crippen LogP contribution in [-0.4, -0.2) is 41.7 Å². The van der Waals surface area contributed by atoms with Crippen LogP contribution in [-0.2, 0) is 4.79 Å². The van der Waals surface area contributed by atoms with E-state index in [4.69, 9.17) is 5.73 Å². The fourth-order valence-electron chi connectivity index (χ4n) is 1.49. The van der Waals surface area contributed by atoms with Crippen molar-refractivity contribution in [3.8, 4) is 0 Å². The van der Waals surface area contributed by atoms with E-state index < -0.39 is 6.10 Å². The molecule has 1 atom stereocenters. The molecule has 1 unspecified atom stereocenters. The van der Waals surface area contributed by atoms with Gasteiger partial charge in [0.1, 0.15) is 0 Å². The van der Waals surface area contributed by atoms with Gasteiger partial charge in [-0.15, -0.1) is 0 Å². The third-order valence-corrected chi connectivity index (χ3v) is 2.37. The molecule has 0 aromatic carbocycles. The van der Waals surface area contributed by atoms with Gasteiger partial charge in [0.15, 0.2) is 0 Å². The molecule has 4 heteroatoms. The second-order valence-electron chi connectivity index (χ2n) is 4.50. The molecule has 1 saturated heterocycles. The van der Waals surface area contributed by atoms with Gasteiger partial charge in [0.2, 0.25) is 5.91 Å². The summed E-state index contributed by atoms with van der Waals surface area (Å²) in [4.78, 5) is 13.0. The lowest BCUT2D eigenvalue weighted by molar-refractivity contribution is -0.128. The van der Waals surface area contributed by atoms with Gasteiger partial charge < -0.3 is 15.7 Å². The lowest BCUT2D eigenvalue weighted by Crippen LogP contribution is -2.39. The van der Waals surface area contributed by atoms with Crippen molar-refractivity contribution in [1.29, 1.82) is 0 Å². The molecular weight excluding hydrogens is 168 g/mol. The zero-order valence-corrected chi connectivity index (χ0v) is 8.29. The summed E-state index contributed by atoms with van der Waals surface area (Å²) in [6, 6.07) is 0. The van der Waals surface area contributed by atoms with Crippen LogP contribution in [0.15, 0.2) is 0 Å². The smallest absolute Gasteiger partial charge is 0.225 e. The maximum Gasteiger partial charge on any atom is 0.225 e. The number of likely N-dealkylation sites (tertiary alicyclic amines) is 1.